The van der Waals surface area contributed by atoms with Gasteiger partial charge < -0.3 is 9.88 Å². The Balaban J connectivity index is 1.79. The molecule has 2 aromatic rings. The second kappa shape index (κ2) is 8.48. The van der Waals surface area contributed by atoms with Crippen molar-refractivity contribution < 1.29 is 9.18 Å². The Morgan fingerprint density at radius 2 is 2.04 bits per heavy atom. The molecule has 3 rings (SSSR count). The zero-order valence-corrected chi connectivity index (χ0v) is 15.1. The molecule has 1 amide bonds. The van der Waals surface area contributed by atoms with Crippen molar-refractivity contribution in [2.45, 2.75) is 52.1 Å². The molecular weight excluding hydrogens is 317 g/mol. The summed E-state index contributed by atoms with van der Waals surface area (Å²) >= 11 is 0. The standard InChI is InChI=1S/C20H28FN3O/c1-2-3-9-22-20(25)15-24-14-16(13-23-10-5-4-6-11-23)18-12-17(21)7-8-19(18)24/h7-8,12,14H,2-6,9-11,13,15H2,1H3,(H,22,25). The van der Waals surface area contributed by atoms with Gasteiger partial charge in [0.15, 0.2) is 0 Å². The Labute approximate surface area is 149 Å². The van der Waals surface area contributed by atoms with Crippen LogP contribution in [0.3, 0.4) is 0 Å². The fourth-order valence-electron chi connectivity index (χ4n) is 3.57. The van der Waals surface area contributed by atoms with E-state index < -0.39 is 0 Å². The van der Waals surface area contributed by atoms with Crippen LogP contribution in [0, 0.1) is 5.82 Å². The Kier molecular flexibility index (Phi) is 6.08. The molecule has 1 aliphatic rings. The average Bonchev–Trinajstić information content (AvgIpc) is 2.92. The third-order valence-corrected chi connectivity index (χ3v) is 4.93. The highest BCUT2D eigenvalue weighted by atomic mass is 19.1. The molecular formula is C20H28FN3O. The van der Waals surface area contributed by atoms with Crippen molar-refractivity contribution in [1.29, 1.82) is 0 Å². The number of hydrogen-bond donors (Lipinski definition) is 1. The highest BCUT2D eigenvalue weighted by Gasteiger charge is 2.16. The second-order valence-corrected chi connectivity index (χ2v) is 6.98. The molecule has 2 heterocycles. The van der Waals surface area contributed by atoms with Crippen molar-refractivity contribution in [1.82, 2.24) is 14.8 Å². The Hall–Kier alpha value is -1.88. The number of carbonyl (C=O) groups excluding carboxylic acids is 1. The largest absolute Gasteiger partial charge is 0.355 e. The number of nitrogens with one attached hydrogen (secondary N) is 1. The van der Waals surface area contributed by atoms with Gasteiger partial charge in [-0.15, -0.1) is 0 Å². The van der Waals surface area contributed by atoms with E-state index in [1.165, 1.54) is 25.3 Å². The summed E-state index contributed by atoms with van der Waals surface area (Å²) in [6, 6.07) is 4.85. The minimum atomic E-state index is -0.224. The van der Waals surface area contributed by atoms with Gasteiger partial charge in [-0.05, 0) is 56.1 Å². The lowest BCUT2D eigenvalue weighted by Crippen LogP contribution is -2.29. The van der Waals surface area contributed by atoms with Gasteiger partial charge in [0.25, 0.3) is 0 Å². The van der Waals surface area contributed by atoms with Crippen LogP contribution in [0.5, 0.6) is 0 Å². The van der Waals surface area contributed by atoms with Gasteiger partial charge in [-0.3, -0.25) is 9.69 Å². The number of rotatable bonds is 7. The lowest BCUT2D eigenvalue weighted by molar-refractivity contribution is -0.121. The molecule has 0 radical (unpaired) electrons. The van der Waals surface area contributed by atoms with Crippen LogP contribution in [0.4, 0.5) is 4.39 Å². The highest BCUT2D eigenvalue weighted by molar-refractivity contribution is 5.86. The van der Waals surface area contributed by atoms with Gasteiger partial charge in [0, 0.05) is 30.2 Å². The van der Waals surface area contributed by atoms with Gasteiger partial charge in [0.1, 0.15) is 12.4 Å². The number of benzene rings is 1. The van der Waals surface area contributed by atoms with Crippen molar-refractivity contribution in [3.8, 4) is 0 Å². The molecule has 0 saturated carbocycles. The second-order valence-electron chi connectivity index (χ2n) is 6.98. The predicted octanol–water partition coefficient (Wildman–Crippen LogP) is 3.68. The first-order chi connectivity index (χ1) is 12.2. The third-order valence-electron chi connectivity index (χ3n) is 4.93. The van der Waals surface area contributed by atoms with E-state index in [4.69, 9.17) is 0 Å². The molecule has 0 aliphatic carbocycles. The maximum absolute atomic E-state index is 13.8. The van der Waals surface area contributed by atoms with E-state index in [2.05, 4.69) is 17.1 Å². The van der Waals surface area contributed by atoms with E-state index in [9.17, 15) is 9.18 Å². The number of fused-ring (bicyclic) bond motifs is 1. The molecule has 1 aromatic heterocycles. The van der Waals surface area contributed by atoms with E-state index in [0.29, 0.717) is 6.54 Å². The van der Waals surface area contributed by atoms with Crippen LogP contribution in [0.1, 0.15) is 44.6 Å². The van der Waals surface area contributed by atoms with Crippen LogP contribution in [0.25, 0.3) is 10.9 Å². The Morgan fingerprint density at radius 1 is 1.24 bits per heavy atom. The quantitative estimate of drug-likeness (QED) is 0.777. The molecule has 0 spiro atoms. The number of aromatic nitrogens is 1. The smallest absolute Gasteiger partial charge is 0.239 e. The Bertz CT molecular complexity index is 719. The van der Waals surface area contributed by atoms with Gasteiger partial charge in [-0.1, -0.05) is 19.8 Å². The van der Waals surface area contributed by atoms with Gasteiger partial charge in [0.05, 0.1) is 0 Å². The summed E-state index contributed by atoms with van der Waals surface area (Å²) < 4.78 is 15.7. The van der Waals surface area contributed by atoms with Gasteiger partial charge in [-0.2, -0.15) is 0 Å². The fraction of sp³-hybridized carbons (Fsp3) is 0.550. The molecule has 0 bridgehead atoms. The number of unbranched alkanes of at least 4 members (excludes halogenated alkanes) is 1. The van der Waals surface area contributed by atoms with Crippen LogP contribution in [-0.2, 0) is 17.9 Å². The number of piperidine rings is 1. The van der Waals surface area contributed by atoms with Crippen LogP contribution in [0.15, 0.2) is 24.4 Å². The van der Waals surface area contributed by atoms with E-state index in [1.807, 2.05) is 10.8 Å². The number of nitrogens with zero attached hydrogens (tertiary/aromatic N) is 2. The summed E-state index contributed by atoms with van der Waals surface area (Å²) in [4.78, 5) is 14.6. The summed E-state index contributed by atoms with van der Waals surface area (Å²) in [5.74, 6) is -0.211. The van der Waals surface area contributed by atoms with Crippen LogP contribution in [-0.4, -0.2) is 35.0 Å². The first-order valence-corrected chi connectivity index (χ1v) is 9.43. The molecule has 1 aromatic carbocycles. The monoisotopic (exact) mass is 345 g/mol. The van der Waals surface area contributed by atoms with Crippen LogP contribution in [0.2, 0.25) is 0 Å². The minimum Gasteiger partial charge on any atom is -0.355 e. The third kappa shape index (κ3) is 4.60. The number of halogens is 1. The molecule has 4 nitrogen and oxygen atoms in total. The molecule has 0 atom stereocenters. The van der Waals surface area contributed by atoms with Crippen molar-refractivity contribution in [2.75, 3.05) is 19.6 Å². The molecule has 1 aliphatic heterocycles. The van der Waals surface area contributed by atoms with Gasteiger partial charge in [0.2, 0.25) is 5.91 Å². The van der Waals surface area contributed by atoms with E-state index >= 15 is 0 Å². The lowest BCUT2D eigenvalue weighted by atomic mass is 10.1. The van der Waals surface area contributed by atoms with Crippen molar-refractivity contribution in [3.05, 3.63) is 35.8 Å². The van der Waals surface area contributed by atoms with Crippen LogP contribution >= 0.6 is 0 Å². The molecule has 0 unspecified atom stereocenters. The Morgan fingerprint density at radius 3 is 2.80 bits per heavy atom. The number of amides is 1. The first-order valence-electron chi connectivity index (χ1n) is 9.43. The van der Waals surface area contributed by atoms with E-state index in [-0.39, 0.29) is 18.3 Å². The number of carbonyl (C=O) groups is 1. The SMILES string of the molecule is CCCCNC(=O)Cn1cc(CN2CCCCC2)c2cc(F)ccc21. The van der Waals surface area contributed by atoms with Crippen molar-refractivity contribution >= 4 is 16.8 Å². The summed E-state index contributed by atoms with van der Waals surface area (Å²) in [5, 5.41) is 3.88. The number of hydrogen-bond acceptors (Lipinski definition) is 2. The molecule has 1 fully saturated rings. The number of likely N-dealkylation sites (tertiary alicyclic amines) is 1. The summed E-state index contributed by atoms with van der Waals surface area (Å²) in [7, 11) is 0. The molecule has 5 heteroatoms. The van der Waals surface area contributed by atoms with E-state index in [0.717, 1.165) is 48.9 Å². The normalized spacial score (nSPS) is 15.6. The minimum absolute atomic E-state index is 0.0131. The fourth-order valence-corrected chi connectivity index (χ4v) is 3.57. The molecule has 25 heavy (non-hydrogen) atoms. The average molecular weight is 345 g/mol. The molecule has 136 valence electrons. The van der Waals surface area contributed by atoms with E-state index in [1.54, 1.807) is 12.1 Å². The first kappa shape index (κ1) is 17.9. The van der Waals surface area contributed by atoms with Gasteiger partial charge >= 0.3 is 0 Å². The van der Waals surface area contributed by atoms with Crippen molar-refractivity contribution in [2.24, 2.45) is 0 Å². The zero-order valence-electron chi connectivity index (χ0n) is 15.1. The topological polar surface area (TPSA) is 37.3 Å². The summed E-state index contributed by atoms with van der Waals surface area (Å²) in [6.07, 6.45) is 7.83. The predicted molar refractivity (Wildman–Crippen MR) is 98.9 cm³/mol. The maximum atomic E-state index is 13.8. The molecule has 1 N–H and O–H groups in total. The summed E-state index contributed by atoms with van der Waals surface area (Å²) in [5.41, 5.74) is 2.04. The summed E-state index contributed by atoms with van der Waals surface area (Å²) in [6.45, 7) is 6.12. The lowest BCUT2D eigenvalue weighted by Gasteiger charge is -2.26. The van der Waals surface area contributed by atoms with Crippen LogP contribution < -0.4 is 5.32 Å². The van der Waals surface area contributed by atoms with Gasteiger partial charge in [-0.25, -0.2) is 4.39 Å². The van der Waals surface area contributed by atoms with Crippen molar-refractivity contribution in [3.63, 3.8) is 0 Å². The zero-order chi connectivity index (χ0) is 17.6. The maximum Gasteiger partial charge on any atom is 0.239 e. The molecule has 1 saturated heterocycles. The highest BCUT2D eigenvalue weighted by Crippen LogP contribution is 2.25.